The van der Waals surface area contributed by atoms with Gasteiger partial charge in [0.25, 0.3) is 0 Å². The topological polar surface area (TPSA) is 48.8 Å². The van der Waals surface area contributed by atoms with Crippen LogP contribution in [0.15, 0.2) is 5.11 Å². The van der Waals surface area contributed by atoms with Gasteiger partial charge in [-0.15, -0.1) is 11.5 Å². The summed E-state index contributed by atoms with van der Waals surface area (Å²) >= 11 is 0. The molecule has 0 unspecified atom stereocenters. The molecule has 16 heavy (non-hydrogen) atoms. The lowest BCUT2D eigenvalue weighted by Gasteiger charge is -2.14. The number of hydrogen-bond donors (Lipinski definition) is 0. The molecular formula is C12H23N3Si. The largest absolute Gasteiger partial charge is 0.132 e. The summed E-state index contributed by atoms with van der Waals surface area (Å²) in [6, 6.07) is 0. The van der Waals surface area contributed by atoms with Gasteiger partial charge < -0.3 is 0 Å². The highest BCUT2D eigenvalue weighted by molar-refractivity contribution is 6.83. The predicted molar refractivity (Wildman–Crippen MR) is 72.7 cm³/mol. The van der Waals surface area contributed by atoms with E-state index in [1.165, 1.54) is 0 Å². The Morgan fingerprint density at radius 3 is 2.38 bits per heavy atom. The first-order valence-electron chi connectivity index (χ1n) is 5.86. The van der Waals surface area contributed by atoms with E-state index in [9.17, 15) is 0 Å². The van der Waals surface area contributed by atoms with Crippen molar-refractivity contribution in [3.05, 3.63) is 10.4 Å². The van der Waals surface area contributed by atoms with E-state index < -0.39 is 8.07 Å². The normalized spacial score (nSPS) is 12.6. The van der Waals surface area contributed by atoms with Crippen LogP contribution in [0, 0.1) is 23.3 Å². The standard InChI is InChI=1S/C12H23N3Si/c1-11(2)9-12(10-14-15-13)7-6-8-16(3,4)5/h11-12H,7,9-10H2,1-5H3/t12-/m1/s1. The third kappa shape index (κ3) is 9.63. The van der Waals surface area contributed by atoms with Crippen LogP contribution < -0.4 is 0 Å². The molecule has 0 amide bonds. The summed E-state index contributed by atoms with van der Waals surface area (Å²) in [7, 11) is -1.26. The Balaban J connectivity index is 4.29. The van der Waals surface area contributed by atoms with Crippen LogP contribution >= 0.6 is 0 Å². The molecular weight excluding hydrogens is 214 g/mol. The molecule has 0 saturated heterocycles. The van der Waals surface area contributed by atoms with Crippen LogP contribution in [0.5, 0.6) is 0 Å². The Morgan fingerprint density at radius 2 is 1.94 bits per heavy atom. The van der Waals surface area contributed by atoms with Crippen molar-refractivity contribution in [3.63, 3.8) is 0 Å². The smallest absolute Gasteiger partial charge is 0.129 e. The van der Waals surface area contributed by atoms with E-state index in [2.05, 4.69) is 55.0 Å². The van der Waals surface area contributed by atoms with Gasteiger partial charge in [0.1, 0.15) is 8.07 Å². The zero-order valence-electron chi connectivity index (χ0n) is 11.1. The SMILES string of the molecule is CC(C)C[C@@H](CC#C[Si](C)(C)C)CN=[N+]=[N-]. The molecule has 4 heteroatoms. The van der Waals surface area contributed by atoms with E-state index in [4.69, 9.17) is 5.53 Å². The van der Waals surface area contributed by atoms with E-state index >= 15 is 0 Å². The highest BCUT2D eigenvalue weighted by Gasteiger charge is 2.10. The Kier molecular flexibility index (Phi) is 6.95. The molecule has 0 radical (unpaired) electrons. The molecule has 0 aliphatic carbocycles. The number of hydrogen-bond acceptors (Lipinski definition) is 1. The molecule has 1 atom stereocenters. The van der Waals surface area contributed by atoms with Crippen molar-refractivity contribution < 1.29 is 0 Å². The van der Waals surface area contributed by atoms with Crippen molar-refractivity contribution in [2.24, 2.45) is 17.0 Å². The molecule has 0 fully saturated rings. The molecule has 90 valence electrons. The van der Waals surface area contributed by atoms with Gasteiger partial charge >= 0.3 is 0 Å². The van der Waals surface area contributed by atoms with E-state index in [1.807, 2.05) is 0 Å². The molecule has 3 nitrogen and oxygen atoms in total. The van der Waals surface area contributed by atoms with Gasteiger partial charge in [0.05, 0.1) is 0 Å². The average molecular weight is 237 g/mol. The molecule has 0 aromatic carbocycles. The van der Waals surface area contributed by atoms with Gasteiger partial charge in [0.15, 0.2) is 0 Å². The second-order valence-corrected chi connectivity index (χ2v) is 10.4. The summed E-state index contributed by atoms with van der Waals surface area (Å²) in [5.41, 5.74) is 11.7. The fourth-order valence-corrected chi connectivity index (χ4v) is 2.13. The lowest BCUT2D eigenvalue weighted by Crippen LogP contribution is -2.16. The molecule has 0 aromatic heterocycles. The van der Waals surface area contributed by atoms with Crippen LogP contribution in [0.4, 0.5) is 0 Å². The third-order valence-electron chi connectivity index (χ3n) is 2.06. The Morgan fingerprint density at radius 1 is 1.31 bits per heavy atom. The maximum Gasteiger partial charge on any atom is 0.129 e. The molecule has 0 aromatic rings. The minimum Gasteiger partial charge on any atom is -0.132 e. The van der Waals surface area contributed by atoms with Crippen molar-refractivity contribution in [1.29, 1.82) is 0 Å². The van der Waals surface area contributed by atoms with Crippen LogP contribution in [0.3, 0.4) is 0 Å². The van der Waals surface area contributed by atoms with Crippen molar-refractivity contribution in [1.82, 2.24) is 0 Å². The highest BCUT2D eigenvalue weighted by Crippen LogP contribution is 2.15. The van der Waals surface area contributed by atoms with Crippen LogP contribution in [0.25, 0.3) is 10.4 Å². The number of azide groups is 1. The summed E-state index contributed by atoms with van der Waals surface area (Å²) in [5, 5.41) is 3.66. The van der Waals surface area contributed by atoms with E-state index in [0.717, 1.165) is 12.8 Å². The first-order chi connectivity index (χ1) is 7.35. The van der Waals surface area contributed by atoms with Gasteiger partial charge in [-0.05, 0) is 23.8 Å². The van der Waals surface area contributed by atoms with Gasteiger partial charge in [-0.2, -0.15) is 0 Å². The summed E-state index contributed by atoms with van der Waals surface area (Å²) in [6.45, 7) is 11.7. The van der Waals surface area contributed by atoms with Gasteiger partial charge in [-0.3, -0.25) is 0 Å². The van der Waals surface area contributed by atoms with Crippen molar-refractivity contribution >= 4 is 8.07 Å². The molecule has 0 heterocycles. The van der Waals surface area contributed by atoms with E-state index in [1.54, 1.807) is 0 Å². The first kappa shape index (κ1) is 15.1. The quantitative estimate of drug-likeness (QED) is 0.226. The second kappa shape index (κ2) is 7.37. The molecule has 0 aliphatic heterocycles. The number of nitrogens with zero attached hydrogens (tertiary/aromatic N) is 3. The maximum atomic E-state index is 8.33. The zero-order chi connectivity index (χ0) is 12.6. The zero-order valence-corrected chi connectivity index (χ0v) is 12.1. The monoisotopic (exact) mass is 237 g/mol. The fourth-order valence-electron chi connectivity index (χ4n) is 1.50. The highest BCUT2D eigenvalue weighted by atomic mass is 28.3. The Labute approximate surface area is 100 Å². The molecule has 0 spiro atoms. The Hall–Kier alpha value is -0.913. The summed E-state index contributed by atoms with van der Waals surface area (Å²) in [4.78, 5) is 2.83. The summed E-state index contributed by atoms with van der Waals surface area (Å²) in [5.74, 6) is 4.32. The summed E-state index contributed by atoms with van der Waals surface area (Å²) in [6.07, 6.45) is 1.95. The third-order valence-corrected chi connectivity index (χ3v) is 2.99. The molecule has 0 aliphatic rings. The molecule has 0 bridgehead atoms. The van der Waals surface area contributed by atoms with Crippen molar-refractivity contribution in [2.75, 3.05) is 6.54 Å². The van der Waals surface area contributed by atoms with Crippen molar-refractivity contribution in [2.45, 2.75) is 46.3 Å². The lowest BCUT2D eigenvalue weighted by atomic mass is 9.95. The minimum atomic E-state index is -1.26. The van der Waals surface area contributed by atoms with Gasteiger partial charge in [-0.25, -0.2) is 0 Å². The average Bonchev–Trinajstić information content (AvgIpc) is 2.11. The van der Waals surface area contributed by atoms with E-state index in [-0.39, 0.29) is 0 Å². The first-order valence-corrected chi connectivity index (χ1v) is 9.36. The minimum absolute atomic E-state index is 0.416. The van der Waals surface area contributed by atoms with Gasteiger partial charge in [0.2, 0.25) is 0 Å². The van der Waals surface area contributed by atoms with Crippen LogP contribution in [0.1, 0.15) is 26.7 Å². The fraction of sp³-hybridized carbons (Fsp3) is 0.833. The van der Waals surface area contributed by atoms with Crippen LogP contribution in [-0.2, 0) is 0 Å². The Bertz CT molecular complexity index is 300. The summed E-state index contributed by atoms with van der Waals surface area (Å²) < 4.78 is 0. The maximum absolute atomic E-state index is 8.33. The number of rotatable bonds is 5. The second-order valence-electron chi connectivity index (χ2n) is 5.66. The van der Waals surface area contributed by atoms with E-state index in [0.29, 0.717) is 18.4 Å². The molecule has 0 rings (SSSR count). The molecule has 0 saturated carbocycles. The predicted octanol–water partition coefficient (Wildman–Crippen LogP) is 4.23. The van der Waals surface area contributed by atoms with Crippen LogP contribution in [0.2, 0.25) is 19.6 Å². The molecule has 0 N–H and O–H groups in total. The van der Waals surface area contributed by atoms with Crippen molar-refractivity contribution in [3.8, 4) is 11.5 Å². The van der Waals surface area contributed by atoms with Gasteiger partial charge in [0, 0.05) is 17.9 Å². The van der Waals surface area contributed by atoms with Crippen LogP contribution in [-0.4, -0.2) is 14.6 Å². The van der Waals surface area contributed by atoms with Gasteiger partial charge in [-0.1, -0.05) is 38.6 Å². The lowest BCUT2D eigenvalue weighted by molar-refractivity contribution is 0.424.